The lowest BCUT2D eigenvalue weighted by atomic mass is 10.0. The van der Waals surface area contributed by atoms with Gasteiger partial charge in [0.25, 0.3) is 0 Å². The van der Waals surface area contributed by atoms with E-state index in [1.54, 1.807) is 13.4 Å². The van der Waals surface area contributed by atoms with Gasteiger partial charge in [-0.25, -0.2) is 4.39 Å². The number of likely N-dealkylation sites (N-methyl/N-ethyl adjacent to an activating group) is 1. The summed E-state index contributed by atoms with van der Waals surface area (Å²) in [6.45, 7) is 3.91. The number of halogens is 2. The SMILES string of the molecule is CCN(CCCCc1coc2c(OC)cccc12)C1=Cc2c(C(N)=O)ccc(F)c2OC1.Cl. The fourth-order valence-corrected chi connectivity index (χ4v) is 4.18. The number of amides is 1. The molecule has 1 aliphatic heterocycles. The number of nitrogens with two attached hydrogens (primary N) is 1. The monoisotopic (exact) mass is 474 g/mol. The Kier molecular flexibility index (Phi) is 7.87. The number of para-hydroxylation sites is 1. The maximum Gasteiger partial charge on any atom is 0.249 e. The van der Waals surface area contributed by atoms with Crippen molar-refractivity contribution >= 4 is 35.4 Å². The molecule has 1 amide bonds. The molecule has 0 spiro atoms. The van der Waals surface area contributed by atoms with Crippen molar-refractivity contribution in [2.24, 2.45) is 5.73 Å². The highest BCUT2D eigenvalue weighted by molar-refractivity contribution is 5.98. The second-order valence-corrected chi connectivity index (χ2v) is 7.76. The zero-order valence-electron chi connectivity index (χ0n) is 18.7. The second kappa shape index (κ2) is 10.6. The first kappa shape index (κ1) is 24.5. The molecule has 0 aliphatic carbocycles. The molecule has 1 aliphatic rings. The number of benzene rings is 2. The number of aryl methyl sites for hydroxylation is 1. The summed E-state index contributed by atoms with van der Waals surface area (Å²) in [7, 11) is 1.64. The van der Waals surface area contributed by atoms with Crippen molar-refractivity contribution in [2.45, 2.75) is 26.2 Å². The van der Waals surface area contributed by atoms with E-state index in [1.807, 2.05) is 24.3 Å². The van der Waals surface area contributed by atoms with Crippen molar-refractivity contribution in [1.29, 1.82) is 0 Å². The number of rotatable bonds is 9. The Bertz CT molecular complexity index is 1170. The fraction of sp³-hybridized carbons (Fsp3) is 0.320. The predicted molar refractivity (Wildman–Crippen MR) is 129 cm³/mol. The third-order valence-electron chi connectivity index (χ3n) is 5.86. The van der Waals surface area contributed by atoms with E-state index in [4.69, 9.17) is 19.6 Å². The van der Waals surface area contributed by atoms with Crippen molar-refractivity contribution in [3.8, 4) is 11.5 Å². The van der Waals surface area contributed by atoms with Gasteiger partial charge in [0.1, 0.15) is 6.61 Å². The largest absolute Gasteiger partial charge is 0.493 e. The number of primary amides is 1. The van der Waals surface area contributed by atoms with Crippen LogP contribution >= 0.6 is 12.4 Å². The summed E-state index contributed by atoms with van der Waals surface area (Å²) < 4.78 is 30.9. The number of fused-ring (bicyclic) bond motifs is 2. The molecular weight excluding hydrogens is 447 g/mol. The highest BCUT2D eigenvalue weighted by atomic mass is 35.5. The molecule has 0 bridgehead atoms. The Labute approximate surface area is 198 Å². The van der Waals surface area contributed by atoms with Gasteiger partial charge >= 0.3 is 0 Å². The molecular formula is C25H28ClFN2O4. The van der Waals surface area contributed by atoms with E-state index in [-0.39, 0.29) is 30.3 Å². The Hall–Kier alpha value is -3.19. The Morgan fingerprint density at radius 1 is 1.24 bits per heavy atom. The van der Waals surface area contributed by atoms with E-state index in [1.165, 1.54) is 12.1 Å². The molecule has 0 saturated heterocycles. The van der Waals surface area contributed by atoms with Crippen LogP contribution in [0.3, 0.4) is 0 Å². The van der Waals surface area contributed by atoms with Crippen LogP contribution in [0.2, 0.25) is 0 Å². The van der Waals surface area contributed by atoms with Crippen molar-refractivity contribution in [2.75, 3.05) is 26.8 Å². The molecule has 3 aromatic rings. The first-order chi connectivity index (χ1) is 15.5. The highest BCUT2D eigenvalue weighted by Crippen LogP contribution is 2.33. The van der Waals surface area contributed by atoms with Crippen molar-refractivity contribution < 1.29 is 23.1 Å². The zero-order valence-corrected chi connectivity index (χ0v) is 19.5. The van der Waals surface area contributed by atoms with E-state index in [9.17, 15) is 9.18 Å². The van der Waals surface area contributed by atoms with Gasteiger partial charge in [-0.2, -0.15) is 0 Å². The summed E-state index contributed by atoms with van der Waals surface area (Å²) in [5.41, 5.74) is 8.99. The van der Waals surface area contributed by atoms with E-state index in [0.29, 0.717) is 5.56 Å². The van der Waals surface area contributed by atoms with Gasteiger partial charge in [-0.1, -0.05) is 12.1 Å². The van der Waals surface area contributed by atoms with Gasteiger partial charge in [-0.15, -0.1) is 12.4 Å². The summed E-state index contributed by atoms with van der Waals surface area (Å²) in [5.74, 6) is -0.271. The number of hydrogen-bond acceptors (Lipinski definition) is 5. The summed E-state index contributed by atoms with van der Waals surface area (Å²) in [5, 5.41) is 1.08. The molecule has 0 unspecified atom stereocenters. The van der Waals surface area contributed by atoms with E-state index >= 15 is 0 Å². The fourth-order valence-electron chi connectivity index (χ4n) is 4.18. The van der Waals surface area contributed by atoms with E-state index in [2.05, 4.69) is 11.8 Å². The van der Waals surface area contributed by atoms with Gasteiger partial charge in [0, 0.05) is 24.0 Å². The van der Waals surface area contributed by atoms with E-state index in [0.717, 1.165) is 60.3 Å². The second-order valence-electron chi connectivity index (χ2n) is 7.76. The van der Waals surface area contributed by atoms with Crippen LogP contribution in [0, 0.1) is 5.82 Å². The Morgan fingerprint density at radius 3 is 2.79 bits per heavy atom. The lowest BCUT2D eigenvalue weighted by Crippen LogP contribution is -2.29. The summed E-state index contributed by atoms with van der Waals surface area (Å²) in [4.78, 5) is 14.0. The maximum atomic E-state index is 14.1. The minimum absolute atomic E-state index is 0. The highest BCUT2D eigenvalue weighted by Gasteiger charge is 2.23. The topological polar surface area (TPSA) is 77.9 Å². The lowest BCUT2D eigenvalue weighted by Gasteiger charge is -2.29. The van der Waals surface area contributed by atoms with Gasteiger partial charge in [0.2, 0.25) is 5.91 Å². The van der Waals surface area contributed by atoms with Gasteiger partial charge in [0.05, 0.1) is 24.6 Å². The molecule has 33 heavy (non-hydrogen) atoms. The van der Waals surface area contributed by atoms with Crippen LogP contribution in [0.4, 0.5) is 4.39 Å². The molecule has 4 rings (SSSR count). The van der Waals surface area contributed by atoms with Crippen molar-refractivity contribution in [3.63, 3.8) is 0 Å². The first-order valence-electron chi connectivity index (χ1n) is 10.8. The Balaban J connectivity index is 0.00000306. The van der Waals surface area contributed by atoms with Crippen LogP contribution in [-0.4, -0.2) is 37.6 Å². The van der Waals surface area contributed by atoms with Crippen LogP contribution in [-0.2, 0) is 6.42 Å². The number of unbranched alkanes of at least 4 members (excludes halogenated alkanes) is 1. The van der Waals surface area contributed by atoms with E-state index < -0.39 is 11.7 Å². The standard InChI is InChI=1S/C25H27FN2O4.ClH/c1-3-28(17-13-20-19(25(27)29)10-11-21(26)23(20)32-15-17)12-5-4-7-16-14-31-24-18(16)8-6-9-22(24)30-2;/h6,8-11,13-14H,3-5,7,12,15H2,1-2H3,(H2,27,29);1H. The molecule has 8 heteroatoms. The van der Waals surface area contributed by atoms with Crippen molar-refractivity contribution in [3.05, 3.63) is 64.8 Å². The molecule has 176 valence electrons. The molecule has 0 saturated carbocycles. The van der Waals surface area contributed by atoms with Crippen LogP contribution in [0.5, 0.6) is 11.5 Å². The third-order valence-corrected chi connectivity index (χ3v) is 5.86. The van der Waals surface area contributed by atoms with Gasteiger partial charge < -0.3 is 24.5 Å². The minimum Gasteiger partial charge on any atom is -0.493 e. The number of carbonyl (C=O) groups is 1. The lowest BCUT2D eigenvalue weighted by molar-refractivity contribution is 0.0999. The summed E-state index contributed by atoms with van der Waals surface area (Å²) in [6, 6.07) is 8.52. The number of furan rings is 1. The molecule has 2 heterocycles. The van der Waals surface area contributed by atoms with Gasteiger partial charge in [0.15, 0.2) is 22.9 Å². The quantitative estimate of drug-likeness (QED) is 0.432. The van der Waals surface area contributed by atoms with Gasteiger partial charge in [-0.05, 0) is 56.0 Å². The number of carbonyl (C=O) groups excluding carboxylic acids is 1. The zero-order chi connectivity index (χ0) is 22.7. The van der Waals surface area contributed by atoms with Crippen LogP contribution in [0.15, 0.2) is 46.7 Å². The Morgan fingerprint density at radius 2 is 2.06 bits per heavy atom. The normalized spacial score (nSPS) is 12.4. The molecule has 6 nitrogen and oxygen atoms in total. The number of methoxy groups -OCH3 is 1. The maximum absolute atomic E-state index is 14.1. The number of hydrogen-bond donors (Lipinski definition) is 1. The third kappa shape index (κ3) is 4.93. The van der Waals surface area contributed by atoms with Gasteiger partial charge in [-0.3, -0.25) is 4.79 Å². The number of ether oxygens (including phenoxy) is 2. The molecule has 2 N–H and O–H groups in total. The minimum atomic E-state index is -0.602. The number of nitrogens with zero attached hydrogens (tertiary/aromatic N) is 1. The van der Waals surface area contributed by atoms with Crippen molar-refractivity contribution in [1.82, 2.24) is 4.90 Å². The molecule has 0 radical (unpaired) electrons. The molecule has 1 aromatic heterocycles. The smallest absolute Gasteiger partial charge is 0.249 e. The van der Waals surface area contributed by atoms with Crippen LogP contribution in [0.25, 0.3) is 17.0 Å². The van der Waals surface area contributed by atoms with Crippen LogP contribution < -0.4 is 15.2 Å². The summed E-state index contributed by atoms with van der Waals surface area (Å²) >= 11 is 0. The average Bonchev–Trinajstić information content (AvgIpc) is 3.22. The molecule has 0 atom stereocenters. The summed E-state index contributed by atoms with van der Waals surface area (Å²) in [6.07, 6.45) is 6.46. The average molecular weight is 475 g/mol. The first-order valence-corrected chi connectivity index (χ1v) is 10.8. The molecule has 0 fully saturated rings. The predicted octanol–water partition coefficient (Wildman–Crippen LogP) is 5.18. The molecule has 2 aromatic carbocycles. The van der Waals surface area contributed by atoms with Crippen LogP contribution in [0.1, 0.15) is 41.3 Å².